The van der Waals surface area contributed by atoms with E-state index in [0.29, 0.717) is 70.9 Å². The number of carbonyl (C=O) groups excluding carboxylic acids is 3. The second kappa shape index (κ2) is 15.6. The number of fused-ring (bicyclic) bond motifs is 2. The predicted octanol–water partition coefficient (Wildman–Crippen LogP) is 5.35. The number of carbonyl (C=O) groups is 3. The minimum atomic E-state index is -4.45. The Morgan fingerprint density at radius 1 is 1.08 bits per heavy atom. The van der Waals surface area contributed by atoms with E-state index in [-0.39, 0.29) is 54.4 Å². The normalized spacial score (nSPS) is 20.4. The van der Waals surface area contributed by atoms with Gasteiger partial charge >= 0.3 is 6.18 Å². The van der Waals surface area contributed by atoms with Gasteiger partial charge in [0.25, 0.3) is 11.5 Å². The molecule has 5 aromatic rings. The first kappa shape index (κ1) is 40.8. The monoisotopic (exact) mass is 849 g/mol. The highest BCUT2D eigenvalue weighted by Crippen LogP contribution is 2.52. The summed E-state index contributed by atoms with van der Waals surface area (Å²) in [6.07, 6.45) is -0.189. The molecule has 2 saturated heterocycles. The van der Waals surface area contributed by atoms with Crippen molar-refractivity contribution in [1.82, 2.24) is 39.9 Å². The lowest BCUT2D eigenvalue weighted by Crippen LogP contribution is -2.62. The number of likely N-dealkylation sites (N-methyl/N-ethyl adjacent to an activating group) is 1. The number of imide groups is 1. The standard InChI is InChI=1S/C40H43ClF3N11O5/c1-20(2)55-35-21(12-30(37(55)59)60-17-32(57)45-3)11-23(15-46-35)49-34-27(41)16-47-38(51-34)54-18-39(19-54)10-9-28(26(14-39)40(42,43)44)48-22-5-6-24-29(13-22)53(4)52-33(24)25-7-8-31(56)50-36(25)58/h5-6,11-13,15-16,20,25-26,28,48H,7-10,14,17-19H2,1-4H3,(H,45,57)(H,47,49,51)(H,50,56,58)/t25-,26+,28-/m1/s1. The Labute approximate surface area is 346 Å². The number of anilines is 4. The maximum atomic E-state index is 14.8. The fourth-order valence-electron chi connectivity index (χ4n) is 8.68. The molecule has 316 valence electrons. The molecule has 0 radical (unpaired) electrons. The van der Waals surface area contributed by atoms with Crippen LogP contribution in [0.1, 0.15) is 63.6 Å². The third kappa shape index (κ3) is 7.77. The zero-order valence-corrected chi connectivity index (χ0v) is 33.9. The van der Waals surface area contributed by atoms with Crippen LogP contribution in [0.5, 0.6) is 5.75 Å². The van der Waals surface area contributed by atoms with E-state index in [0.717, 1.165) is 0 Å². The van der Waals surface area contributed by atoms with E-state index >= 15 is 0 Å². The summed E-state index contributed by atoms with van der Waals surface area (Å²) in [5.41, 5.74) is 1.58. The van der Waals surface area contributed by atoms with E-state index in [9.17, 15) is 32.3 Å². The molecule has 1 aromatic carbocycles. The van der Waals surface area contributed by atoms with Gasteiger partial charge in [-0.15, -0.1) is 0 Å². The number of halogens is 4. The molecule has 3 aliphatic rings. The largest absolute Gasteiger partial charge is 0.478 e. The van der Waals surface area contributed by atoms with Crippen LogP contribution in [0.4, 0.5) is 36.3 Å². The number of aryl methyl sites for hydroxylation is 1. The summed E-state index contributed by atoms with van der Waals surface area (Å²) in [5, 5.41) is 17.2. The van der Waals surface area contributed by atoms with Crippen molar-refractivity contribution in [1.29, 1.82) is 0 Å². The Morgan fingerprint density at radius 3 is 2.58 bits per heavy atom. The molecule has 1 spiro atoms. The lowest BCUT2D eigenvalue weighted by atomic mass is 9.63. The summed E-state index contributed by atoms with van der Waals surface area (Å²) in [7, 11) is 3.18. The fraction of sp³-hybridized carbons (Fsp3) is 0.450. The molecule has 4 aromatic heterocycles. The smallest absolute Gasteiger partial charge is 0.393 e. The molecular weight excluding hydrogens is 807 g/mol. The van der Waals surface area contributed by atoms with E-state index in [4.69, 9.17) is 16.3 Å². The lowest BCUT2D eigenvalue weighted by Gasteiger charge is -2.55. The van der Waals surface area contributed by atoms with Gasteiger partial charge in [-0.25, -0.2) is 9.97 Å². The van der Waals surface area contributed by atoms with Crippen molar-refractivity contribution < 1.29 is 32.3 Å². The van der Waals surface area contributed by atoms with Gasteiger partial charge < -0.3 is 25.6 Å². The number of piperidine rings is 1. The predicted molar refractivity (Wildman–Crippen MR) is 218 cm³/mol. The van der Waals surface area contributed by atoms with Crippen LogP contribution in [0.25, 0.3) is 21.9 Å². The van der Waals surface area contributed by atoms with Crippen LogP contribution in [0.2, 0.25) is 5.02 Å². The lowest BCUT2D eigenvalue weighted by molar-refractivity contribution is -0.196. The molecule has 2 aliphatic heterocycles. The van der Waals surface area contributed by atoms with Gasteiger partial charge in [-0.2, -0.15) is 23.3 Å². The Bertz CT molecular complexity index is 2590. The van der Waals surface area contributed by atoms with Crippen LogP contribution in [-0.2, 0) is 21.4 Å². The van der Waals surface area contributed by atoms with Gasteiger partial charge in [0.2, 0.25) is 17.8 Å². The number of nitrogens with zero attached hydrogens (tertiary/aromatic N) is 7. The molecule has 20 heteroatoms. The molecular formula is C40H43ClF3N11O5. The SMILES string of the molecule is CNC(=O)COc1cc2cc(Nc3nc(N4CC5(CC[C@@H](Nc6ccc7c([C@H]8CCC(=O)NC8=O)nn(C)c7c6)[C@@H](C(F)(F)F)C5)C4)ncc3Cl)cnc2n(C(C)C)c1=O. The number of amides is 3. The van der Waals surface area contributed by atoms with Crippen LogP contribution in [0.15, 0.2) is 47.5 Å². The number of hydrogen-bond acceptors (Lipinski definition) is 12. The van der Waals surface area contributed by atoms with Crippen molar-refractivity contribution in [2.75, 3.05) is 42.3 Å². The Morgan fingerprint density at radius 2 is 1.87 bits per heavy atom. The number of aromatic nitrogens is 6. The van der Waals surface area contributed by atoms with Crippen molar-refractivity contribution in [3.05, 3.63) is 63.8 Å². The summed E-state index contributed by atoms with van der Waals surface area (Å²) in [6, 6.07) is 7.36. The van der Waals surface area contributed by atoms with E-state index in [1.807, 2.05) is 18.7 Å². The molecule has 4 N–H and O–H groups in total. The topological polar surface area (TPSA) is 190 Å². The number of hydrogen-bond donors (Lipinski definition) is 4. The number of benzene rings is 1. The summed E-state index contributed by atoms with van der Waals surface area (Å²) in [6.45, 7) is 3.99. The van der Waals surface area contributed by atoms with Gasteiger partial charge in [0.05, 0.1) is 41.1 Å². The van der Waals surface area contributed by atoms with E-state index in [2.05, 4.69) is 41.3 Å². The average molecular weight is 850 g/mol. The highest BCUT2D eigenvalue weighted by atomic mass is 35.5. The van der Waals surface area contributed by atoms with E-state index in [1.165, 1.54) is 30.1 Å². The third-order valence-electron chi connectivity index (χ3n) is 11.7. The number of rotatable bonds is 10. The summed E-state index contributed by atoms with van der Waals surface area (Å²) in [4.78, 5) is 64.7. The highest BCUT2D eigenvalue weighted by molar-refractivity contribution is 6.33. The van der Waals surface area contributed by atoms with Crippen molar-refractivity contribution >= 4 is 74.4 Å². The molecule has 3 fully saturated rings. The maximum Gasteiger partial charge on any atom is 0.393 e. The first-order chi connectivity index (χ1) is 28.5. The van der Waals surface area contributed by atoms with Crippen molar-refractivity contribution in [3.63, 3.8) is 0 Å². The third-order valence-corrected chi connectivity index (χ3v) is 11.9. The quantitative estimate of drug-likeness (QED) is 0.132. The van der Waals surface area contributed by atoms with Crippen molar-refractivity contribution in [2.45, 2.75) is 70.1 Å². The second-order valence-electron chi connectivity index (χ2n) is 16.1. The average Bonchev–Trinajstić information content (AvgIpc) is 3.51. The molecule has 1 aliphatic carbocycles. The van der Waals surface area contributed by atoms with E-state index < -0.39 is 46.8 Å². The Balaban J connectivity index is 0.958. The molecule has 8 rings (SSSR count). The number of ether oxygens (including phenoxy) is 1. The minimum absolute atomic E-state index is 0.0151. The molecule has 0 unspecified atom stereocenters. The first-order valence-electron chi connectivity index (χ1n) is 19.6. The summed E-state index contributed by atoms with van der Waals surface area (Å²) in [5.74, 6) is -2.78. The first-order valence-corrected chi connectivity index (χ1v) is 20.0. The van der Waals surface area contributed by atoms with Gasteiger partial charge in [0.1, 0.15) is 10.7 Å². The fourth-order valence-corrected chi connectivity index (χ4v) is 8.82. The molecule has 1 saturated carbocycles. The van der Waals surface area contributed by atoms with E-state index in [1.54, 1.807) is 36.0 Å². The van der Waals surface area contributed by atoms with Crippen LogP contribution in [0, 0.1) is 11.3 Å². The zero-order valence-electron chi connectivity index (χ0n) is 33.2. The molecule has 0 bridgehead atoms. The van der Waals surface area contributed by atoms with Crippen LogP contribution in [0.3, 0.4) is 0 Å². The molecule has 3 amide bonds. The van der Waals surface area contributed by atoms with Crippen LogP contribution >= 0.6 is 11.6 Å². The van der Waals surface area contributed by atoms with Crippen molar-refractivity contribution in [3.8, 4) is 5.75 Å². The number of pyridine rings is 2. The van der Waals surface area contributed by atoms with Crippen molar-refractivity contribution in [2.24, 2.45) is 18.4 Å². The number of alkyl halides is 3. The Hall–Kier alpha value is -5.98. The molecule has 60 heavy (non-hydrogen) atoms. The molecule has 6 heterocycles. The molecule has 16 nitrogen and oxygen atoms in total. The molecule has 3 atom stereocenters. The summed E-state index contributed by atoms with van der Waals surface area (Å²) >= 11 is 6.52. The van der Waals surface area contributed by atoms with Gasteiger partial charge in [-0.3, -0.25) is 33.7 Å². The minimum Gasteiger partial charge on any atom is -0.478 e. The second-order valence-corrected chi connectivity index (χ2v) is 16.5. The zero-order chi connectivity index (χ0) is 42.7. The van der Waals surface area contributed by atoms with Gasteiger partial charge in [-0.1, -0.05) is 11.6 Å². The summed E-state index contributed by atoms with van der Waals surface area (Å²) < 4.78 is 53.0. The Kier molecular flexibility index (Phi) is 10.6. The van der Waals surface area contributed by atoms with Gasteiger partial charge in [-0.05, 0) is 69.9 Å². The van der Waals surface area contributed by atoms with Crippen LogP contribution in [-0.4, -0.2) is 86.0 Å². The maximum absolute atomic E-state index is 14.8. The number of nitrogens with one attached hydrogen (secondary N) is 4. The van der Waals surface area contributed by atoms with Gasteiger partial charge in [0.15, 0.2) is 18.2 Å². The van der Waals surface area contributed by atoms with Gasteiger partial charge in [0, 0.05) is 67.6 Å². The highest BCUT2D eigenvalue weighted by Gasteiger charge is 2.56. The van der Waals surface area contributed by atoms with Crippen LogP contribution < -0.4 is 36.5 Å².